The number of nitrogens with zero attached hydrogens (tertiary/aromatic N) is 1. The van der Waals surface area contributed by atoms with Gasteiger partial charge in [0.1, 0.15) is 0 Å². The second kappa shape index (κ2) is 7.36. The lowest BCUT2D eigenvalue weighted by Crippen LogP contribution is -2.27. The third kappa shape index (κ3) is 4.14. The minimum atomic E-state index is -0.187. The quantitative estimate of drug-likeness (QED) is 0.769. The van der Waals surface area contributed by atoms with Gasteiger partial charge in [0, 0.05) is 6.42 Å². The lowest BCUT2D eigenvalue weighted by Gasteiger charge is -2.33. The van der Waals surface area contributed by atoms with E-state index in [0.29, 0.717) is 13.2 Å². The summed E-state index contributed by atoms with van der Waals surface area (Å²) in [7, 11) is 0. The summed E-state index contributed by atoms with van der Waals surface area (Å²) in [5.41, 5.74) is -0.187. The van der Waals surface area contributed by atoms with Crippen molar-refractivity contribution in [3.8, 4) is 17.6 Å². The smallest absolute Gasteiger partial charge is 0.161 e. The molecule has 1 aromatic rings. The van der Waals surface area contributed by atoms with Crippen LogP contribution in [0.3, 0.4) is 0 Å². The van der Waals surface area contributed by atoms with E-state index in [0.717, 1.165) is 49.5 Å². The molecular weight excluding hydrogens is 262 g/mol. The Labute approximate surface area is 127 Å². The van der Waals surface area contributed by atoms with Crippen LogP contribution in [-0.4, -0.2) is 13.2 Å². The summed E-state index contributed by atoms with van der Waals surface area (Å²) >= 11 is 0. The first-order valence-corrected chi connectivity index (χ1v) is 7.95. The fraction of sp³-hybridized carbons (Fsp3) is 0.611. The van der Waals surface area contributed by atoms with E-state index in [2.05, 4.69) is 13.0 Å². The largest absolute Gasteiger partial charge is 0.490 e. The Hall–Kier alpha value is -1.69. The molecule has 3 nitrogen and oxygen atoms in total. The van der Waals surface area contributed by atoms with Crippen molar-refractivity contribution in [3.63, 3.8) is 0 Å². The maximum absolute atomic E-state index is 9.53. The monoisotopic (exact) mass is 287 g/mol. The predicted molar refractivity (Wildman–Crippen MR) is 83.4 cm³/mol. The summed E-state index contributed by atoms with van der Waals surface area (Å²) in [6, 6.07) is 10.3. The lowest BCUT2D eigenvalue weighted by molar-refractivity contribution is 0.166. The Balaban J connectivity index is 1.90. The average molecular weight is 287 g/mol. The Kier molecular flexibility index (Phi) is 5.50. The molecule has 0 heterocycles. The minimum absolute atomic E-state index is 0.187. The van der Waals surface area contributed by atoms with E-state index >= 15 is 0 Å². The summed E-state index contributed by atoms with van der Waals surface area (Å²) in [6.07, 6.45) is 5.12. The van der Waals surface area contributed by atoms with Crippen molar-refractivity contribution in [2.75, 3.05) is 13.2 Å². The summed E-state index contributed by atoms with van der Waals surface area (Å²) < 4.78 is 11.4. The van der Waals surface area contributed by atoms with Crippen LogP contribution in [0.2, 0.25) is 0 Å². The predicted octanol–water partition coefficient (Wildman–Crippen LogP) is 4.57. The standard InChI is InChI=1S/C18H25NO2/c1-3-20-16-6-4-5-7-17(16)21-13-12-18(14-19)10-8-15(2)9-11-18/h4-7,15H,3,8-13H2,1-2H3. The fourth-order valence-corrected chi connectivity index (χ4v) is 2.93. The zero-order chi connectivity index (χ0) is 15.1. The van der Waals surface area contributed by atoms with Gasteiger partial charge in [-0.25, -0.2) is 0 Å². The van der Waals surface area contributed by atoms with Crippen molar-refractivity contribution < 1.29 is 9.47 Å². The maximum atomic E-state index is 9.53. The molecule has 3 heteroatoms. The summed E-state index contributed by atoms with van der Waals surface area (Å²) in [4.78, 5) is 0. The number of hydrogen-bond acceptors (Lipinski definition) is 3. The van der Waals surface area contributed by atoms with E-state index in [1.807, 2.05) is 31.2 Å². The number of ether oxygens (including phenoxy) is 2. The van der Waals surface area contributed by atoms with Crippen molar-refractivity contribution in [1.82, 2.24) is 0 Å². The van der Waals surface area contributed by atoms with Crippen LogP contribution in [0.25, 0.3) is 0 Å². The van der Waals surface area contributed by atoms with Gasteiger partial charge in [-0.1, -0.05) is 19.1 Å². The van der Waals surface area contributed by atoms with Gasteiger partial charge in [-0.3, -0.25) is 0 Å². The highest BCUT2D eigenvalue weighted by Gasteiger charge is 2.34. The van der Waals surface area contributed by atoms with E-state index in [4.69, 9.17) is 9.47 Å². The molecule has 0 N–H and O–H groups in total. The highest BCUT2D eigenvalue weighted by Crippen LogP contribution is 2.41. The fourth-order valence-electron chi connectivity index (χ4n) is 2.93. The van der Waals surface area contributed by atoms with Gasteiger partial charge < -0.3 is 9.47 Å². The van der Waals surface area contributed by atoms with Crippen molar-refractivity contribution >= 4 is 0 Å². The molecule has 114 valence electrons. The van der Waals surface area contributed by atoms with Gasteiger partial charge in [0.05, 0.1) is 24.7 Å². The summed E-state index contributed by atoms with van der Waals surface area (Å²) in [6.45, 7) is 5.44. The molecule has 0 unspecified atom stereocenters. The van der Waals surface area contributed by atoms with Gasteiger partial charge in [-0.05, 0) is 50.7 Å². The van der Waals surface area contributed by atoms with E-state index in [9.17, 15) is 5.26 Å². The van der Waals surface area contributed by atoms with Crippen LogP contribution < -0.4 is 9.47 Å². The molecule has 0 aliphatic heterocycles. The zero-order valence-corrected chi connectivity index (χ0v) is 13.1. The van der Waals surface area contributed by atoms with Crippen molar-refractivity contribution in [1.29, 1.82) is 5.26 Å². The minimum Gasteiger partial charge on any atom is -0.490 e. The first kappa shape index (κ1) is 15.7. The van der Waals surface area contributed by atoms with E-state index in [-0.39, 0.29) is 5.41 Å². The molecule has 0 spiro atoms. The topological polar surface area (TPSA) is 42.2 Å². The summed E-state index contributed by atoms with van der Waals surface area (Å²) in [5, 5.41) is 9.53. The molecule has 1 aromatic carbocycles. The molecule has 1 fully saturated rings. The Morgan fingerprint density at radius 1 is 1.19 bits per heavy atom. The first-order valence-electron chi connectivity index (χ1n) is 7.95. The molecule has 0 saturated heterocycles. The molecule has 1 saturated carbocycles. The van der Waals surface area contributed by atoms with Crippen LogP contribution in [0, 0.1) is 22.7 Å². The Bertz CT molecular complexity index is 484. The molecule has 2 rings (SSSR count). The maximum Gasteiger partial charge on any atom is 0.161 e. The number of rotatable bonds is 6. The molecule has 0 aromatic heterocycles. The lowest BCUT2D eigenvalue weighted by atomic mass is 9.70. The van der Waals surface area contributed by atoms with Gasteiger partial charge in [0.2, 0.25) is 0 Å². The van der Waals surface area contributed by atoms with Gasteiger partial charge >= 0.3 is 0 Å². The number of hydrogen-bond donors (Lipinski definition) is 0. The molecule has 21 heavy (non-hydrogen) atoms. The second-order valence-electron chi connectivity index (χ2n) is 6.05. The van der Waals surface area contributed by atoms with Crippen molar-refractivity contribution in [2.45, 2.75) is 46.0 Å². The molecular formula is C18H25NO2. The van der Waals surface area contributed by atoms with Crippen LogP contribution in [0.4, 0.5) is 0 Å². The molecule has 0 atom stereocenters. The molecule has 1 aliphatic carbocycles. The van der Waals surface area contributed by atoms with E-state index in [1.165, 1.54) is 0 Å². The van der Waals surface area contributed by atoms with Crippen LogP contribution >= 0.6 is 0 Å². The van der Waals surface area contributed by atoms with E-state index < -0.39 is 0 Å². The SMILES string of the molecule is CCOc1ccccc1OCCC1(C#N)CCC(C)CC1. The summed E-state index contributed by atoms with van der Waals surface area (Å²) in [5.74, 6) is 2.31. The molecule has 1 aliphatic rings. The number of para-hydroxylation sites is 2. The molecule has 0 radical (unpaired) electrons. The van der Waals surface area contributed by atoms with Gasteiger partial charge in [-0.15, -0.1) is 0 Å². The normalized spacial score (nSPS) is 25.1. The van der Waals surface area contributed by atoms with Crippen LogP contribution in [0.1, 0.15) is 46.0 Å². The van der Waals surface area contributed by atoms with Gasteiger partial charge in [0.15, 0.2) is 11.5 Å². The Morgan fingerprint density at radius 2 is 1.81 bits per heavy atom. The highest BCUT2D eigenvalue weighted by atomic mass is 16.5. The first-order chi connectivity index (χ1) is 10.2. The van der Waals surface area contributed by atoms with Crippen molar-refractivity contribution in [2.24, 2.45) is 11.3 Å². The Morgan fingerprint density at radius 3 is 2.38 bits per heavy atom. The van der Waals surface area contributed by atoms with Gasteiger partial charge in [-0.2, -0.15) is 5.26 Å². The average Bonchev–Trinajstić information content (AvgIpc) is 2.52. The third-order valence-corrected chi connectivity index (χ3v) is 4.46. The third-order valence-electron chi connectivity index (χ3n) is 4.46. The number of nitriles is 1. The van der Waals surface area contributed by atoms with Gasteiger partial charge in [0.25, 0.3) is 0 Å². The second-order valence-corrected chi connectivity index (χ2v) is 6.05. The number of benzene rings is 1. The van der Waals surface area contributed by atoms with Crippen molar-refractivity contribution in [3.05, 3.63) is 24.3 Å². The van der Waals surface area contributed by atoms with E-state index in [1.54, 1.807) is 0 Å². The van der Waals surface area contributed by atoms with Crippen LogP contribution in [0.15, 0.2) is 24.3 Å². The molecule has 0 bridgehead atoms. The molecule has 0 amide bonds. The highest BCUT2D eigenvalue weighted by molar-refractivity contribution is 5.39. The zero-order valence-electron chi connectivity index (χ0n) is 13.1. The van der Waals surface area contributed by atoms with Crippen LogP contribution in [-0.2, 0) is 0 Å². The van der Waals surface area contributed by atoms with Crippen LogP contribution in [0.5, 0.6) is 11.5 Å².